The van der Waals surface area contributed by atoms with Crippen LogP contribution >= 0.6 is 0 Å². The molecule has 0 amide bonds. The molecule has 2 heterocycles. The van der Waals surface area contributed by atoms with E-state index in [0.717, 1.165) is 12.8 Å². The van der Waals surface area contributed by atoms with Gasteiger partial charge in [0.15, 0.2) is 10.8 Å². The number of hydrogen-bond donors (Lipinski definition) is 2. The lowest BCUT2D eigenvalue weighted by atomic mass is 9.89. The quantitative estimate of drug-likeness (QED) is 0.736. The van der Waals surface area contributed by atoms with Crippen LogP contribution in [0.25, 0.3) is 0 Å². The summed E-state index contributed by atoms with van der Waals surface area (Å²) in [7, 11) is 0. The maximum Gasteiger partial charge on any atom is 0.343 e. The Bertz CT molecular complexity index is 587. The number of nitrogens with two attached hydrogens (primary N) is 1. The summed E-state index contributed by atoms with van der Waals surface area (Å²) < 4.78 is 11.7. The maximum absolute atomic E-state index is 9.93. The second kappa shape index (κ2) is 4.19. The van der Waals surface area contributed by atoms with Crippen LogP contribution in [0.15, 0.2) is 0 Å². The van der Waals surface area contributed by atoms with E-state index < -0.39 is 16.7 Å². The molecule has 1 spiro atoms. The van der Waals surface area contributed by atoms with E-state index in [2.05, 4.69) is 31.0 Å². The highest BCUT2D eigenvalue weighted by molar-refractivity contribution is 5.93. The minimum atomic E-state index is -1.27. The molecule has 0 aromatic heterocycles. The predicted octanol–water partition coefficient (Wildman–Crippen LogP) is -0.387. The molecule has 3 rings (SSSR count). The molecule has 0 radical (unpaired) electrons. The predicted molar refractivity (Wildman–Crippen MR) is 73.0 cm³/mol. The second-order valence-corrected chi connectivity index (χ2v) is 6.29. The van der Waals surface area contributed by atoms with Crippen LogP contribution < -0.4 is 10.7 Å². The van der Waals surface area contributed by atoms with Gasteiger partial charge in [0, 0.05) is 5.92 Å². The average Bonchev–Trinajstić information content (AvgIpc) is 2.84. The van der Waals surface area contributed by atoms with Gasteiger partial charge in [-0.25, -0.2) is 4.99 Å². The summed E-state index contributed by atoms with van der Waals surface area (Å²) in [6.45, 7) is 6.43. The van der Waals surface area contributed by atoms with Gasteiger partial charge in [0.2, 0.25) is 0 Å². The van der Waals surface area contributed by atoms with Gasteiger partial charge in [-0.05, 0) is 12.8 Å². The highest BCUT2D eigenvalue weighted by Gasteiger charge is 2.98. The van der Waals surface area contributed by atoms with E-state index in [1.165, 1.54) is 0 Å². The first-order valence-corrected chi connectivity index (χ1v) is 7.55. The Balaban J connectivity index is 2.15. The number of nitrogens with zero attached hydrogens (tertiary/aromatic N) is 2. The van der Waals surface area contributed by atoms with Gasteiger partial charge >= 0.3 is 5.91 Å². The topological polar surface area (TPSA) is 106 Å². The Morgan fingerprint density at radius 3 is 2.48 bits per heavy atom. The SMILES string of the molecule is CCC(CC)[C@@H]1[C@@]2(C#N)[C@@]3([NH+]=C(N)[C@@]12C#N)OC[C@H](C)O3. The molecule has 0 aromatic rings. The highest BCUT2D eigenvalue weighted by atomic mass is 16.8. The van der Waals surface area contributed by atoms with Crippen LogP contribution in [0.3, 0.4) is 0 Å². The molecule has 21 heavy (non-hydrogen) atoms. The third-order valence-electron chi connectivity index (χ3n) is 5.48. The molecule has 1 saturated heterocycles. The lowest BCUT2D eigenvalue weighted by Gasteiger charge is -2.25. The molecule has 0 bridgehead atoms. The molecule has 0 aromatic carbocycles. The van der Waals surface area contributed by atoms with Crippen molar-refractivity contribution in [2.75, 3.05) is 6.61 Å². The zero-order chi connectivity index (χ0) is 15.5. The molecule has 3 N–H and O–H groups in total. The van der Waals surface area contributed by atoms with Crippen molar-refractivity contribution in [3.05, 3.63) is 0 Å². The number of nitrogens with one attached hydrogen (secondary N) is 1. The Hall–Kier alpha value is -1.63. The van der Waals surface area contributed by atoms with E-state index in [9.17, 15) is 10.5 Å². The first kappa shape index (κ1) is 14.3. The van der Waals surface area contributed by atoms with Crippen molar-refractivity contribution in [1.29, 1.82) is 10.5 Å². The fourth-order valence-electron chi connectivity index (χ4n) is 4.50. The summed E-state index contributed by atoms with van der Waals surface area (Å²) >= 11 is 0. The van der Waals surface area contributed by atoms with Crippen molar-refractivity contribution in [3.8, 4) is 12.1 Å². The monoisotopic (exact) mass is 289 g/mol. The lowest BCUT2D eigenvalue weighted by Crippen LogP contribution is -2.90. The van der Waals surface area contributed by atoms with E-state index in [0.29, 0.717) is 12.4 Å². The van der Waals surface area contributed by atoms with Gasteiger partial charge < -0.3 is 9.47 Å². The minimum absolute atomic E-state index is 0.132. The maximum atomic E-state index is 9.93. The Morgan fingerprint density at radius 1 is 1.38 bits per heavy atom. The van der Waals surface area contributed by atoms with Crippen LogP contribution in [-0.2, 0) is 9.47 Å². The van der Waals surface area contributed by atoms with Crippen molar-refractivity contribution in [1.82, 2.24) is 0 Å². The number of fused-ring (bicyclic) bond motifs is 2. The van der Waals surface area contributed by atoms with E-state index in [-0.39, 0.29) is 17.9 Å². The van der Waals surface area contributed by atoms with Crippen LogP contribution in [0.5, 0.6) is 0 Å². The van der Waals surface area contributed by atoms with Crippen molar-refractivity contribution >= 4 is 5.84 Å². The van der Waals surface area contributed by atoms with E-state index in [1.807, 2.05) is 6.92 Å². The van der Waals surface area contributed by atoms with E-state index in [4.69, 9.17) is 15.2 Å². The van der Waals surface area contributed by atoms with Gasteiger partial charge in [-0.2, -0.15) is 10.5 Å². The smallest absolute Gasteiger partial charge is 0.311 e. The summed E-state index contributed by atoms with van der Waals surface area (Å²) in [5, 5.41) is 19.7. The summed E-state index contributed by atoms with van der Waals surface area (Å²) in [6, 6.07) is 4.67. The highest BCUT2D eigenvalue weighted by Crippen LogP contribution is 2.77. The normalized spacial score (nSPS) is 47.0. The molecule has 3 aliphatic rings. The molecule has 0 unspecified atom stereocenters. The zero-order valence-electron chi connectivity index (χ0n) is 12.6. The molecule has 5 atom stereocenters. The van der Waals surface area contributed by atoms with Gasteiger partial charge in [-0.15, -0.1) is 0 Å². The molecule has 112 valence electrons. The molecule has 2 aliphatic heterocycles. The number of nitriles is 2. The largest absolute Gasteiger partial charge is 0.343 e. The fourth-order valence-corrected chi connectivity index (χ4v) is 4.50. The van der Waals surface area contributed by atoms with Crippen LogP contribution in [0, 0.1) is 45.3 Å². The first-order chi connectivity index (χ1) is 9.99. The third kappa shape index (κ3) is 1.27. The van der Waals surface area contributed by atoms with Crippen molar-refractivity contribution < 1.29 is 14.5 Å². The molecular weight excluding hydrogens is 268 g/mol. The van der Waals surface area contributed by atoms with Gasteiger partial charge in [0.05, 0.1) is 24.8 Å². The van der Waals surface area contributed by atoms with Crippen LogP contribution in [0.1, 0.15) is 33.6 Å². The average molecular weight is 289 g/mol. The van der Waals surface area contributed by atoms with Crippen LogP contribution in [0.4, 0.5) is 0 Å². The molecule has 1 aliphatic carbocycles. The van der Waals surface area contributed by atoms with Gasteiger partial charge in [0.1, 0.15) is 0 Å². The standard InChI is InChI=1S/C15H20N4O2/c1-4-10(5-2)11-13(7-16)12(18)19-15(14(11,13)8-17)20-6-9(3)21-15/h9-11H,4-6H2,1-3H3,(H2,18,19)/p+1/t9-,11-,13+,14+,15+/m0/s1. The molecule has 1 saturated carbocycles. The summed E-state index contributed by atoms with van der Waals surface area (Å²) in [4.78, 5) is 2.98. The Morgan fingerprint density at radius 2 is 2.05 bits per heavy atom. The van der Waals surface area contributed by atoms with Crippen molar-refractivity contribution in [2.24, 2.45) is 28.4 Å². The zero-order valence-corrected chi connectivity index (χ0v) is 12.6. The summed E-state index contributed by atoms with van der Waals surface area (Å²) in [5.74, 6) is -0.863. The van der Waals surface area contributed by atoms with Gasteiger partial charge in [-0.1, -0.05) is 26.7 Å². The number of hydrogen-bond acceptors (Lipinski definition) is 5. The summed E-state index contributed by atoms with van der Waals surface area (Å²) in [6.07, 6.45) is 1.66. The van der Waals surface area contributed by atoms with Gasteiger partial charge in [0.25, 0.3) is 5.84 Å². The van der Waals surface area contributed by atoms with Crippen molar-refractivity contribution in [2.45, 2.75) is 45.6 Å². The second-order valence-electron chi connectivity index (χ2n) is 6.29. The Kier molecular flexibility index (Phi) is 2.86. The summed E-state index contributed by atoms with van der Waals surface area (Å²) in [5.41, 5.74) is 4.07. The lowest BCUT2D eigenvalue weighted by molar-refractivity contribution is -0.679. The fraction of sp³-hybridized carbons (Fsp3) is 0.800. The Labute approximate surface area is 124 Å². The van der Waals surface area contributed by atoms with E-state index >= 15 is 0 Å². The molecule has 2 fully saturated rings. The number of rotatable bonds is 3. The molecule has 6 nitrogen and oxygen atoms in total. The molecular formula is C15H21N4O2+. The first-order valence-electron chi connectivity index (χ1n) is 7.55. The van der Waals surface area contributed by atoms with Crippen molar-refractivity contribution in [3.63, 3.8) is 0 Å². The third-order valence-corrected chi connectivity index (χ3v) is 5.48. The van der Waals surface area contributed by atoms with Crippen LogP contribution in [-0.4, -0.2) is 24.5 Å². The number of amidine groups is 1. The minimum Gasteiger partial charge on any atom is -0.311 e. The molecule has 6 heteroatoms. The van der Waals surface area contributed by atoms with Gasteiger partial charge in [-0.3, -0.25) is 5.73 Å². The van der Waals surface area contributed by atoms with E-state index in [1.54, 1.807) is 0 Å². The van der Waals surface area contributed by atoms with Crippen LogP contribution in [0.2, 0.25) is 0 Å². The number of ether oxygens (including phenoxy) is 2.